The molecule has 6 heteroatoms. The lowest BCUT2D eigenvalue weighted by Crippen LogP contribution is -2.35. The third-order valence-corrected chi connectivity index (χ3v) is 5.60. The topological polar surface area (TPSA) is 92.3 Å². The first kappa shape index (κ1) is 24.3. The van der Waals surface area contributed by atoms with E-state index in [1.165, 1.54) is 0 Å². The van der Waals surface area contributed by atoms with Crippen LogP contribution < -0.4 is 10.6 Å². The molecule has 0 spiro atoms. The number of hydrogen-bond donors (Lipinski definition) is 2. The van der Waals surface area contributed by atoms with Crippen LogP contribution in [0.2, 0.25) is 0 Å². The second-order valence-electron chi connectivity index (χ2n) is 7.99. The Balaban J connectivity index is 1.37. The van der Waals surface area contributed by atoms with Crippen LogP contribution in [0.1, 0.15) is 52.6 Å². The quantitative estimate of drug-likeness (QED) is 0.278. The summed E-state index contributed by atoms with van der Waals surface area (Å²) in [4.78, 5) is 51.3. The third kappa shape index (κ3) is 5.62. The van der Waals surface area contributed by atoms with E-state index < -0.39 is 11.8 Å². The standard InChI is InChI=1S/C30H24N2O4/c33-27(21-11-3-1-4-12-21)23-15-7-9-17-25(23)29(35)31-19-20-32-30(36)26-18-10-8-16-24(26)28(34)22-13-5-2-6-14-22/h1-18H,19-20H2,(H,31,35)(H,32,36). The fourth-order valence-corrected chi connectivity index (χ4v) is 3.79. The number of ketones is 2. The summed E-state index contributed by atoms with van der Waals surface area (Å²) in [6.45, 7) is 0.292. The first-order valence-corrected chi connectivity index (χ1v) is 11.5. The van der Waals surface area contributed by atoms with Gasteiger partial charge in [-0.2, -0.15) is 0 Å². The Hall–Kier alpha value is -4.84. The predicted molar refractivity (Wildman–Crippen MR) is 137 cm³/mol. The number of amides is 2. The smallest absolute Gasteiger partial charge is 0.252 e. The minimum Gasteiger partial charge on any atom is -0.350 e. The molecule has 4 rings (SSSR count). The second-order valence-corrected chi connectivity index (χ2v) is 7.99. The summed E-state index contributed by atoms with van der Waals surface area (Å²) in [6, 6.07) is 30.7. The minimum atomic E-state index is -0.413. The number of nitrogens with one attached hydrogen (secondary N) is 2. The van der Waals surface area contributed by atoms with Gasteiger partial charge in [-0.1, -0.05) is 97.1 Å². The van der Waals surface area contributed by atoms with Crippen molar-refractivity contribution in [2.24, 2.45) is 0 Å². The zero-order valence-corrected chi connectivity index (χ0v) is 19.4. The molecule has 0 radical (unpaired) electrons. The fraction of sp³-hybridized carbons (Fsp3) is 0.0667. The van der Waals surface area contributed by atoms with Gasteiger partial charge in [-0.05, 0) is 12.1 Å². The number of benzene rings is 4. The van der Waals surface area contributed by atoms with Crippen molar-refractivity contribution in [2.75, 3.05) is 13.1 Å². The van der Waals surface area contributed by atoms with E-state index in [1.54, 1.807) is 97.1 Å². The second kappa shape index (κ2) is 11.5. The molecule has 0 saturated heterocycles. The van der Waals surface area contributed by atoms with Gasteiger partial charge in [0.05, 0.1) is 11.1 Å². The number of rotatable bonds is 9. The molecule has 0 fully saturated rings. The molecule has 0 aliphatic heterocycles. The average Bonchev–Trinajstić information content (AvgIpc) is 2.95. The van der Waals surface area contributed by atoms with E-state index in [-0.39, 0.29) is 35.8 Å². The summed E-state index contributed by atoms with van der Waals surface area (Å²) < 4.78 is 0. The van der Waals surface area contributed by atoms with E-state index in [1.807, 2.05) is 12.1 Å². The van der Waals surface area contributed by atoms with E-state index in [9.17, 15) is 19.2 Å². The van der Waals surface area contributed by atoms with Crippen molar-refractivity contribution in [3.05, 3.63) is 143 Å². The molecule has 4 aromatic rings. The van der Waals surface area contributed by atoms with Gasteiger partial charge < -0.3 is 10.6 Å². The maximum absolute atomic E-state index is 12.9. The molecule has 2 amide bonds. The van der Waals surface area contributed by atoms with Crippen LogP contribution in [0.3, 0.4) is 0 Å². The highest BCUT2D eigenvalue weighted by Crippen LogP contribution is 2.16. The Kier molecular flexibility index (Phi) is 7.78. The van der Waals surface area contributed by atoms with Gasteiger partial charge in [0.1, 0.15) is 0 Å². The highest BCUT2D eigenvalue weighted by atomic mass is 16.2. The number of carbonyl (C=O) groups is 4. The van der Waals surface area contributed by atoms with Crippen LogP contribution in [0, 0.1) is 0 Å². The molecule has 178 valence electrons. The minimum absolute atomic E-state index is 0.146. The lowest BCUT2D eigenvalue weighted by Gasteiger charge is -2.12. The molecule has 0 bridgehead atoms. The van der Waals surface area contributed by atoms with Gasteiger partial charge in [0.2, 0.25) is 0 Å². The van der Waals surface area contributed by atoms with E-state index in [2.05, 4.69) is 10.6 Å². The summed E-state index contributed by atoms with van der Waals surface area (Å²) in [5.74, 6) is -1.31. The monoisotopic (exact) mass is 476 g/mol. The highest BCUT2D eigenvalue weighted by Gasteiger charge is 2.19. The normalized spacial score (nSPS) is 10.3. The van der Waals surface area contributed by atoms with Crippen molar-refractivity contribution in [1.29, 1.82) is 0 Å². The fourth-order valence-electron chi connectivity index (χ4n) is 3.79. The molecular weight excluding hydrogens is 452 g/mol. The first-order chi connectivity index (χ1) is 17.6. The Morgan fingerprint density at radius 1 is 0.417 bits per heavy atom. The van der Waals surface area contributed by atoms with Gasteiger partial charge >= 0.3 is 0 Å². The van der Waals surface area contributed by atoms with Gasteiger partial charge in [0, 0.05) is 35.3 Å². The number of carbonyl (C=O) groups excluding carboxylic acids is 4. The van der Waals surface area contributed by atoms with Crippen molar-refractivity contribution in [3.8, 4) is 0 Å². The van der Waals surface area contributed by atoms with E-state index in [0.717, 1.165) is 0 Å². The average molecular weight is 477 g/mol. The van der Waals surface area contributed by atoms with Crippen molar-refractivity contribution in [1.82, 2.24) is 10.6 Å². The van der Waals surface area contributed by atoms with Crippen molar-refractivity contribution in [2.45, 2.75) is 0 Å². The van der Waals surface area contributed by atoms with Crippen LogP contribution in [-0.2, 0) is 0 Å². The summed E-state index contributed by atoms with van der Waals surface area (Å²) in [7, 11) is 0. The molecule has 0 aromatic heterocycles. The molecule has 0 aliphatic rings. The van der Waals surface area contributed by atoms with E-state index in [4.69, 9.17) is 0 Å². The molecule has 0 saturated carbocycles. The first-order valence-electron chi connectivity index (χ1n) is 11.5. The molecule has 2 N–H and O–H groups in total. The van der Waals surface area contributed by atoms with Crippen molar-refractivity contribution < 1.29 is 19.2 Å². The molecule has 6 nitrogen and oxygen atoms in total. The van der Waals surface area contributed by atoms with Crippen LogP contribution in [0.4, 0.5) is 0 Å². The summed E-state index contributed by atoms with van der Waals surface area (Å²) >= 11 is 0. The van der Waals surface area contributed by atoms with Gasteiger partial charge in [-0.15, -0.1) is 0 Å². The molecule has 0 heterocycles. The van der Waals surface area contributed by atoms with Crippen LogP contribution in [0.5, 0.6) is 0 Å². The largest absolute Gasteiger partial charge is 0.350 e. The zero-order valence-electron chi connectivity index (χ0n) is 19.4. The van der Waals surface area contributed by atoms with E-state index in [0.29, 0.717) is 22.3 Å². The molecule has 0 atom stereocenters. The lowest BCUT2D eigenvalue weighted by molar-refractivity contribution is 0.0921. The summed E-state index contributed by atoms with van der Waals surface area (Å²) in [5, 5.41) is 5.49. The van der Waals surface area contributed by atoms with Gasteiger partial charge in [-0.3, -0.25) is 19.2 Å². The highest BCUT2D eigenvalue weighted by molar-refractivity contribution is 6.16. The van der Waals surface area contributed by atoms with Crippen LogP contribution in [-0.4, -0.2) is 36.5 Å². The zero-order chi connectivity index (χ0) is 25.3. The Labute approximate surface area is 209 Å². The summed E-state index contributed by atoms with van der Waals surface area (Å²) in [6.07, 6.45) is 0. The van der Waals surface area contributed by atoms with E-state index >= 15 is 0 Å². The third-order valence-electron chi connectivity index (χ3n) is 5.60. The molecular formula is C30H24N2O4. The molecule has 0 aliphatic carbocycles. The molecule has 36 heavy (non-hydrogen) atoms. The number of hydrogen-bond acceptors (Lipinski definition) is 4. The summed E-state index contributed by atoms with van der Waals surface area (Å²) in [5.41, 5.74) is 2.12. The van der Waals surface area contributed by atoms with Crippen LogP contribution in [0.15, 0.2) is 109 Å². The predicted octanol–water partition coefficient (Wildman–Crippen LogP) is 4.31. The Morgan fingerprint density at radius 2 is 0.722 bits per heavy atom. The Bertz CT molecular complexity index is 1290. The lowest BCUT2D eigenvalue weighted by atomic mass is 9.98. The Morgan fingerprint density at radius 3 is 1.08 bits per heavy atom. The van der Waals surface area contributed by atoms with Crippen molar-refractivity contribution >= 4 is 23.4 Å². The molecule has 4 aromatic carbocycles. The van der Waals surface area contributed by atoms with Gasteiger partial charge in [0.15, 0.2) is 11.6 Å². The van der Waals surface area contributed by atoms with Crippen molar-refractivity contribution in [3.63, 3.8) is 0 Å². The van der Waals surface area contributed by atoms with Gasteiger partial charge in [0.25, 0.3) is 11.8 Å². The maximum atomic E-state index is 12.9. The van der Waals surface area contributed by atoms with Crippen LogP contribution >= 0.6 is 0 Å². The maximum Gasteiger partial charge on any atom is 0.252 e. The molecule has 0 unspecified atom stereocenters. The van der Waals surface area contributed by atoms with Gasteiger partial charge in [-0.25, -0.2) is 0 Å². The SMILES string of the molecule is O=C(NCCNC(=O)c1ccccc1C(=O)c1ccccc1)c1ccccc1C(=O)c1ccccc1. The van der Waals surface area contributed by atoms with Crippen LogP contribution in [0.25, 0.3) is 0 Å².